The molecule has 1 aromatic heterocycles. The molecule has 1 saturated heterocycles. The van der Waals surface area contributed by atoms with E-state index in [1.54, 1.807) is 7.05 Å². The number of aldehydes is 1. The van der Waals surface area contributed by atoms with Gasteiger partial charge >= 0.3 is 0 Å². The molecule has 1 atom stereocenters. The third kappa shape index (κ3) is 2.48. The van der Waals surface area contributed by atoms with Crippen LogP contribution in [0.2, 0.25) is 0 Å². The number of aromatic nitrogens is 1. The first-order chi connectivity index (χ1) is 9.37. The molecule has 2 heterocycles. The van der Waals surface area contributed by atoms with Gasteiger partial charge in [-0.25, -0.2) is 8.42 Å². The molecular weight excluding hydrogens is 282 g/mol. The zero-order valence-electron chi connectivity index (χ0n) is 11.2. The van der Waals surface area contributed by atoms with E-state index in [-0.39, 0.29) is 10.6 Å². The molecule has 7 nitrogen and oxygen atoms in total. The summed E-state index contributed by atoms with van der Waals surface area (Å²) in [4.78, 5) is 22.2. The van der Waals surface area contributed by atoms with Gasteiger partial charge in [-0.05, 0) is 18.9 Å². The van der Waals surface area contributed by atoms with Crippen LogP contribution in [0.1, 0.15) is 29.8 Å². The molecule has 1 aliphatic rings. The van der Waals surface area contributed by atoms with Crippen molar-refractivity contribution >= 4 is 22.2 Å². The molecule has 2 rings (SSSR count). The summed E-state index contributed by atoms with van der Waals surface area (Å²) in [5.41, 5.74) is 5.29. The van der Waals surface area contributed by atoms with E-state index in [1.807, 2.05) is 0 Å². The molecule has 1 fully saturated rings. The number of carbonyl (C=O) groups is 2. The third-order valence-corrected chi connectivity index (χ3v) is 5.38. The molecule has 2 N–H and O–H groups in total. The first-order valence-corrected chi connectivity index (χ1v) is 7.75. The van der Waals surface area contributed by atoms with E-state index in [4.69, 9.17) is 5.73 Å². The highest BCUT2D eigenvalue weighted by atomic mass is 32.2. The summed E-state index contributed by atoms with van der Waals surface area (Å²) >= 11 is 0. The summed E-state index contributed by atoms with van der Waals surface area (Å²) in [6.45, 7) is 0.312. The van der Waals surface area contributed by atoms with E-state index in [2.05, 4.69) is 0 Å². The lowest BCUT2D eigenvalue weighted by Gasteiger charge is -2.30. The summed E-state index contributed by atoms with van der Waals surface area (Å²) in [7, 11) is -2.24. The van der Waals surface area contributed by atoms with E-state index >= 15 is 0 Å². The Bertz CT molecular complexity index is 635. The van der Waals surface area contributed by atoms with Gasteiger partial charge < -0.3 is 15.1 Å². The number of nitrogens with two attached hydrogens (primary N) is 1. The van der Waals surface area contributed by atoms with E-state index in [1.165, 1.54) is 21.1 Å². The fourth-order valence-electron chi connectivity index (χ4n) is 2.42. The predicted molar refractivity (Wildman–Crippen MR) is 71.5 cm³/mol. The molecule has 1 unspecified atom stereocenters. The van der Waals surface area contributed by atoms with Crippen LogP contribution in [0.5, 0.6) is 0 Å². The van der Waals surface area contributed by atoms with Crippen LogP contribution in [-0.4, -0.2) is 42.1 Å². The van der Waals surface area contributed by atoms with Gasteiger partial charge in [0, 0.05) is 19.8 Å². The van der Waals surface area contributed by atoms with E-state index in [0.717, 1.165) is 12.8 Å². The van der Waals surface area contributed by atoms with E-state index in [0.29, 0.717) is 19.3 Å². The van der Waals surface area contributed by atoms with Crippen molar-refractivity contribution in [2.24, 2.45) is 12.8 Å². The van der Waals surface area contributed by atoms with Crippen LogP contribution in [0.3, 0.4) is 0 Å². The maximum atomic E-state index is 12.5. The molecular formula is C12H17N3O4S. The van der Waals surface area contributed by atoms with Crippen molar-refractivity contribution in [2.75, 3.05) is 6.54 Å². The van der Waals surface area contributed by atoms with Crippen molar-refractivity contribution in [1.29, 1.82) is 0 Å². The summed E-state index contributed by atoms with van der Waals surface area (Å²) in [6, 6.07) is 0.611. The van der Waals surface area contributed by atoms with Gasteiger partial charge in [0.05, 0.1) is 6.04 Å². The molecule has 1 aromatic rings. The van der Waals surface area contributed by atoms with Gasteiger partial charge in [-0.15, -0.1) is 0 Å². The quantitative estimate of drug-likeness (QED) is 0.782. The Morgan fingerprint density at radius 2 is 2.15 bits per heavy atom. The normalized spacial score (nSPS) is 20.8. The Morgan fingerprint density at radius 3 is 2.70 bits per heavy atom. The minimum atomic E-state index is -3.79. The van der Waals surface area contributed by atoms with Gasteiger partial charge in [0.25, 0.3) is 5.91 Å². The van der Waals surface area contributed by atoms with Gasteiger partial charge in [0.1, 0.15) is 16.9 Å². The standard InChI is InChI=1S/C12H17N3O4S/c1-14-7-10(6-11(14)12(13)17)20(18,19)15-5-3-2-4-9(15)8-16/h6-9H,2-5H2,1H3,(H2,13,17). The smallest absolute Gasteiger partial charge is 0.265 e. The molecule has 8 heteroatoms. The SMILES string of the molecule is Cn1cc(S(=O)(=O)N2CCCCC2C=O)cc1C(N)=O. The van der Waals surface area contributed by atoms with Crippen molar-refractivity contribution in [3.05, 3.63) is 18.0 Å². The van der Waals surface area contributed by atoms with Crippen LogP contribution in [0.15, 0.2) is 17.2 Å². The minimum absolute atomic E-state index is 0.0115. The van der Waals surface area contributed by atoms with Crippen LogP contribution < -0.4 is 5.73 Å². The van der Waals surface area contributed by atoms with Gasteiger partial charge in [-0.2, -0.15) is 4.31 Å². The predicted octanol–water partition coefficient (Wildman–Crippen LogP) is -0.134. The fraction of sp³-hybridized carbons (Fsp3) is 0.500. The molecule has 0 radical (unpaired) electrons. The number of sulfonamides is 1. The summed E-state index contributed by atoms with van der Waals surface area (Å²) in [5, 5.41) is 0. The maximum absolute atomic E-state index is 12.5. The largest absolute Gasteiger partial charge is 0.364 e. The average Bonchev–Trinajstić information content (AvgIpc) is 2.81. The Morgan fingerprint density at radius 1 is 1.45 bits per heavy atom. The van der Waals surface area contributed by atoms with E-state index in [9.17, 15) is 18.0 Å². The number of nitrogens with zero attached hydrogens (tertiary/aromatic N) is 2. The van der Waals surface area contributed by atoms with Crippen LogP contribution in [0.25, 0.3) is 0 Å². The van der Waals surface area contributed by atoms with Crippen molar-refractivity contribution in [3.63, 3.8) is 0 Å². The number of hydrogen-bond acceptors (Lipinski definition) is 4. The molecule has 20 heavy (non-hydrogen) atoms. The van der Waals surface area contributed by atoms with Crippen molar-refractivity contribution in [2.45, 2.75) is 30.2 Å². The van der Waals surface area contributed by atoms with Gasteiger partial charge in [0.15, 0.2) is 0 Å². The Labute approximate surface area is 117 Å². The molecule has 0 spiro atoms. The molecule has 0 aromatic carbocycles. The van der Waals surface area contributed by atoms with Crippen molar-refractivity contribution < 1.29 is 18.0 Å². The minimum Gasteiger partial charge on any atom is -0.364 e. The number of primary amides is 1. The first kappa shape index (κ1) is 14.7. The zero-order chi connectivity index (χ0) is 14.9. The second kappa shape index (κ2) is 5.37. The Hall–Kier alpha value is -1.67. The van der Waals surface area contributed by atoms with Crippen LogP contribution in [0, 0.1) is 0 Å². The lowest BCUT2D eigenvalue weighted by atomic mass is 10.1. The third-order valence-electron chi connectivity index (χ3n) is 3.49. The highest BCUT2D eigenvalue weighted by molar-refractivity contribution is 7.89. The van der Waals surface area contributed by atoms with Crippen LogP contribution >= 0.6 is 0 Å². The molecule has 110 valence electrons. The number of amides is 1. The number of rotatable bonds is 4. The van der Waals surface area contributed by atoms with Crippen molar-refractivity contribution in [3.8, 4) is 0 Å². The number of piperidine rings is 1. The number of hydrogen-bond donors (Lipinski definition) is 1. The van der Waals surface area contributed by atoms with Crippen LogP contribution in [0.4, 0.5) is 0 Å². The fourth-order valence-corrected chi connectivity index (χ4v) is 4.12. The van der Waals surface area contributed by atoms with Gasteiger partial charge in [0.2, 0.25) is 10.0 Å². The summed E-state index contributed by atoms with van der Waals surface area (Å²) in [5.74, 6) is -0.695. The molecule has 1 aliphatic heterocycles. The summed E-state index contributed by atoms with van der Waals surface area (Å²) in [6.07, 6.45) is 4.08. The second-order valence-corrected chi connectivity index (χ2v) is 6.74. The lowest BCUT2D eigenvalue weighted by molar-refractivity contribution is -0.111. The van der Waals surface area contributed by atoms with Crippen LogP contribution in [-0.2, 0) is 21.9 Å². The van der Waals surface area contributed by atoms with E-state index < -0.39 is 22.0 Å². The lowest BCUT2D eigenvalue weighted by Crippen LogP contribution is -2.44. The maximum Gasteiger partial charge on any atom is 0.265 e. The number of aryl methyl sites for hydroxylation is 1. The van der Waals surface area contributed by atoms with Crippen molar-refractivity contribution in [1.82, 2.24) is 8.87 Å². The summed E-state index contributed by atoms with van der Waals surface area (Å²) < 4.78 is 27.7. The highest BCUT2D eigenvalue weighted by Gasteiger charge is 2.34. The first-order valence-electron chi connectivity index (χ1n) is 6.31. The molecule has 0 saturated carbocycles. The topological polar surface area (TPSA) is 102 Å². The Kier molecular flexibility index (Phi) is 3.96. The second-order valence-electron chi connectivity index (χ2n) is 4.85. The Balaban J connectivity index is 2.41. The highest BCUT2D eigenvalue weighted by Crippen LogP contribution is 2.25. The zero-order valence-corrected chi connectivity index (χ0v) is 12.0. The van der Waals surface area contributed by atoms with Gasteiger partial charge in [-0.1, -0.05) is 6.42 Å². The van der Waals surface area contributed by atoms with Gasteiger partial charge in [-0.3, -0.25) is 4.79 Å². The molecule has 0 aliphatic carbocycles. The average molecular weight is 299 g/mol. The molecule has 1 amide bonds. The molecule has 0 bridgehead atoms. The monoisotopic (exact) mass is 299 g/mol. The number of carbonyl (C=O) groups excluding carboxylic acids is 2.